The Morgan fingerprint density at radius 2 is 2.36 bits per heavy atom. The molecule has 14 heavy (non-hydrogen) atoms. The van der Waals surface area contributed by atoms with Crippen LogP contribution < -0.4 is 0 Å². The van der Waals surface area contributed by atoms with Gasteiger partial charge in [0.1, 0.15) is 6.07 Å². The van der Waals surface area contributed by atoms with Gasteiger partial charge < -0.3 is 4.74 Å². The van der Waals surface area contributed by atoms with Gasteiger partial charge in [0.2, 0.25) is 0 Å². The summed E-state index contributed by atoms with van der Waals surface area (Å²) in [4.78, 5) is 11.3. The lowest BCUT2D eigenvalue weighted by molar-refractivity contribution is 0.0526. The molecule has 0 aliphatic rings. The van der Waals surface area contributed by atoms with E-state index in [1.165, 1.54) is 12.1 Å². The van der Waals surface area contributed by atoms with Gasteiger partial charge in [0.15, 0.2) is 0 Å². The molecule has 0 unspecified atom stereocenters. The Bertz CT molecular complexity index is 396. The zero-order valence-corrected chi connectivity index (χ0v) is 8.34. The quantitative estimate of drug-likeness (QED) is 0.703. The average Bonchev–Trinajstić information content (AvgIpc) is 2.17. The maximum Gasteiger partial charge on any atom is 0.339 e. The van der Waals surface area contributed by atoms with E-state index in [4.69, 9.17) is 21.6 Å². The molecule has 0 aliphatic carbocycles. The van der Waals surface area contributed by atoms with Crippen LogP contribution in [0.4, 0.5) is 0 Å². The van der Waals surface area contributed by atoms with Crippen LogP contribution in [-0.2, 0) is 4.74 Å². The molecule has 1 rings (SSSR count). The molecule has 0 bridgehead atoms. The summed E-state index contributed by atoms with van der Waals surface area (Å²) >= 11 is 5.67. The number of ether oxygens (including phenoxy) is 1. The number of rotatable bonds is 2. The Kier molecular flexibility index (Phi) is 3.49. The molecule has 0 aliphatic heterocycles. The van der Waals surface area contributed by atoms with Crippen LogP contribution in [-0.4, -0.2) is 12.6 Å². The zero-order chi connectivity index (χ0) is 10.6. The average molecular weight is 210 g/mol. The van der Waals surface area contributed by atoms with Gasteiger partial charge in [-0.2, -0.15) is 5.26 Å². The summed E-state index contributed by atoms with van der Waals surface area (Å²) in [6, 6.07) is 6.36. The Hall–Kier alpha value is -1.53. The van der Waals surface area contributed by atoms with Gasteiger partial charge in [0, 0.05) is 5.02 Å². The van der Waals surface area contributed by atoms with Crippen LogP contribution in [0.2, 0.25) is 5.02 Å². The lowest BCUT2D eigenvalue weighted by atomic mass is 10.1. The number of carbonyl (C=O) groups excluding carboxylic acids is 1. The third-order valence-corrected chi connectivity index (χ3v) is 1.83. The highest BCUT2D eigenvalue weighted by molar-refractivity contribution is 6.30. The summed E-state index contributed by atoms with van der Waals surface area (Å²) in [7, 11) is 0. The maximum absolute atomic E-state index is 11.3. The van der Waals surface area contributed by atoms with Crippen molar-refractivity contribution in [3.05, 3.63) is 34.3 Å². The highest BCUT2D eigenvalue weighted by Gasteiger charge is 2.12. The molecule has 72 valence electrons. The molecule has 0 atom stereocenters. The molecule has 0 heterocycles. The van der Waals surface area contributed by atoms with Crippen LogP contribution in [0.15, 0.2) is 18.2 Å². The van der Waals surface area contributed by atoms with Gasteiger partial charge in [0.05, 0.1) is 17.7 Å². The summed E-state index contributed by atoms with van der Waals surface area (Å²) in [5, 5.41) is 9.17. The van der Waals surface area contributed by atoms with Gasteiger partial charge >= 0.3 is 5.97 Å². The second kappa shape index (κ2) is 4.64. The van der Waals surface area contributed by atoms with Crippen molar-refractivity contribution in [3.8, 4) is 6.07 Å². The fraction of sp³-hybridized carbons (Fsp3) is 0.200. The van der Waals surface area contributed by atoms with Gasteiger partial charge in [-0.05, 0) is 25.1 Å². The van der Waals surface area contributed by atoms with Gasteiger partial charge in [0.25, 0.3) is 0 Å². The minimum atomic E-state index is -0.499. The Morgan fingerprint density at radius 1 is 1.64 bits per heavy atom. The van der Waals surface area contributed by atoms with E-state index in [9.17, 15) is 4.79 Å². The summed E-state index contributed by atoms with van der Waals surface area (Å²) in [6.45, 7) is 1.99. The number of hydrogen-bond donors (Lipinski definition) is 0. The first-order valence-corrected chi connectivity index (χ1v) is 4.43. The van der Waals surface area contributed by atoms with Gasteiger partial charge in [-0.1, -0.05) is 11.6 Å². The predicted octanol–water partition coefficient (Wildman–Crippen LogP) is 2.39. The number of benzene rings is 1. The largest absolute Gasteiger partial charge is 0.462 e. The number of hydrogen-bond acceptors (Lipinski definition) is 3. The first-order chi connectivity index (χ1) is 6.69. The molecule has 0 radical (unpaired) electrons. The molecule has 0 N–H and O–H groups in total. The van der Waals surface area contributed by atoms with Crippen LogP contribution in [0.25, 0.3) is 0 Å². The summed E-state index contributed by atoms with van der Waals surface area (Å²) < 4.78 is 4.78. The summed E-state index contributed by atoms with van der Waals surface area (Å²) in [5.74, 6) is -0.499. The van der Waals surface area contributed by atoms with Crippen molar-refractivity contribution in [3.63, 3.8) is 0 Å². The van der Waals surface area contributed by atoms with E-state index < -0.39 is 5.97 Å². The van der Waals surface area contributed by atoms with Crippen LogP contribution in [0, 0.1) is 11.3 Å². The van der Waals surface area contributed by atoms with Crippen molar-refractivity contribution in [2.24, 2.45) is 0 Å². The van der Waals surface area contributed by atoms with Crippen molar-refractivity contribution in [1.82, 2.24) is 0 Å². The third kappa shape index (κ3) is 2.24. The normalized spacial score (nSPS) is 9.21. The summed E-state index contributed by atoms with van der Waals surface area (Å²) in [6.07, 6.45) is 0. The van der Waals surface area contributed by atoms with Crippen molar-refractivity contribution in [2.45, 2.75) is 6.92 Å². The zero-order valence-electron chi connectivity index (χ0n) is 7.58. The molecule has 0 spiro atoms. The van der Waals surface area contributed by atoms with E-state index in [1.54, 1.807) is 13.0 Å². The van der Waals surface area contributed by atoms with E-state index in [0.29, 0.717) is 5.02 Å². The van der Waals surface area contributed by atoms with Crippen LogP contribution in [0.1, 0.15) is 22.8 Å². The molecule has 3 nitrogen and oxygen atoms in total. The van der Waals surface area contributed by atoms with E-state index in [2.05, 4.69) is 0 Å². The van der Waals surface area contributed by atoms with E-state index in [0.717, 1.165) is 0 Å². The van der Waals surface area contributed by atoms with E-state index in [1.807, 2.05) is 6.07 Å². The van der Waals surface area contributed by atoms with E-state index >= 15 is 0 Å². The van der Waals surface area contributed by atoms with Gasteiger partial charge in [-0.3, -0.25) is 0 Å². The number of carbonyl (C=O) groups is 1. The molecule has 4 heteroatoms. The van der Waals surface area contributed by atoms with Gasteiger partial charge in [-0.25, -0.2) is 4.79 Å². The van der Waals surface area contributed by atoms with Crippen LogP contribution >= 0.6 is 11.6 Å². The first-order valence-electron chi connectivity index (χ1n) is 4.05. The lowest BCUT2D eigenvalue weighted by Crippen LogP contribution is -2.06. The molecular formula is C10H8ClNO2. The van der Waals surface area contributed by atoms with Crippen molar-refractivity contribution < 1.29 is 9.53 Å². The number of halogens is 1. The van der Waals surface area contributed by atoms with Crippen LogP contribution in [0.5, 0.6) is 0 Å². The Morgan fingerprint density at radius 3 is 2.93 bits per heavy atom. The minimum absolute atomic E-state index is 0.232. The third-order valence-electron chi connectivity index (χ3n) is 1.60. The lowest BCUT2D eigenvalue weighted by Gasteiger charge is -2.03. The topological polar surface area (TPSA) is 50.1 Å². The minimum Gasteiger partial charge on any atom is -0.462 e. The molecule has 0 fully saturated rings. The number of esters is 1. The highest BCUT2D eigenvalue weighted by atomic mass is 35.5. The summed E-state index contributed by atoms with van der Waals surface area (Å²) in [5.41, 5.74) is 0.481. The molecule has 0 saturated heterocycles. The van der Waals surface area contributed by atoms with E-state index in [-0.39, 0.29) is 17.7 Å². The first kappa shape index (κ1) is 10.6. The number of nitrogens with zero attached hydrogens (tertiary/aromatic N) is 1. The highest BCUT2D eigenvalue weighted by Crippen LogP contribution is 2.16. The predicted molar refractivity (Wildman–Crippen MR) is 52.1 cm³/mol. The fourth-order valence-corrected chi connectivity index (χ4v) is 1.17. The molecule has 1 aromatic carbocycles. The molecule has 1 aromatic rings. The van der Waals surface area contributed by atoms with Gasteiger partial charge in [-0.15, -0.1) is 0 Å². The van der Waals surface area contributed by atoms with Crippen molar-refractivity contribution in [2.75, 3.05) is 6.61 Å². The second-order valence-corrected chi connectivity index (χ2v) is 2.96. The molecule has 0 amide bonds. The monoisotopic (exact) mass is 209 g/mol. The fourth-order valence-electron chi connectivity index (χ4n) is 0.996. The SMILES string of the molecule is CCOC(=O)c1ccc(Cl)cc1C#N. The Labute approximate surface area is 86.9 Å². The molecule has 0 aromatic heterocycles. The van der Waals surface area contributed by atoms with Crippen molar-refractivity contribution in [1.29, 1.82) is 5.26 Å². The molecular weight excluding hydrogens is 202 g/mol. The van der Waals surface area contributed by atoms with Crippen molar-refractivity contribution >= 4 is 17.6 Å². The smallest absolute Gasteiger partial charge is 0.339 e. The van der Waals surface area contributed by atoms with Crippen LogP contribution in [0.3, 0.4) is 0 Å². The maximum atomic E-state index is 11.3. The Balaban J connectivity index is 3.09. The number of nitriles is 1. The molecule has 0 saturated carbocycles. The standard InChI is InChI=1S/C10H8ClNO2/c1-2-14-10(13)9-4-3-8(11)5-7(9)6-12/h3-5H,2H2,1H3. The second-order valence-electron chi connectivity index (χ2n) is 2.52.